The number of hydrogen-bond donors (Lipinski definition) is 2. The number of carbonyl (C=O) groups excluding carboxylic acids is 2. The Morgan fingerprint density at radius 2 is 1.81 bits per heavy atom. The lowest BCUT2D eigenvalue weighted by Crippen LogP contribution is -2.46. The number of urea groups is 1. The van der Waals surface area contributed by atoms with Crippen molar-refractivity contribution in [2.45, 2.75) is 33.0 Å². The van der Waals surface area contributed by atoms with Crippen molar-refractivity contribution in [2.75, 3.05) is 77.9 Å². The number of rotatable bonds is 11. The summed E-state index contributed by atoms with van der Waals surface area (Å²) in [6.45, 7) is 12.6. The number of likely N-dealkylation sites (N-methyl/N-ethyl adjacent to an activating group) is 1. The van der Waals surface area contributed by atoms with E-state index in [9.17, 15) is 27.6 Å². The first-order valence-corrected chi connectivity index (χ1v) is 18.4. The first-order chi connectivity index (χ1) is 24.9. The van der Waals surface area contributed by atoms with E-state index in [0.29, 0.717) is 35.7 Å². The number of anilines is 1. The van der Waals surface area contributed by atoms with Crippen LogP contribution in [0.1, 0.15) is 36.3 Å². The summed E-state index contributed by atoms with van der Waals surface area (Å²) in [5.74, 6) is -0.323. The molecule has 3 aromatic heterocycles. The third-order valence-electron chi connectivity index (χ3n) is 9.55. The Bertz CT molecular complexity index is 1980. The molecule has 1 atom stereocenters. The minimum atomic E-state index is -4.65. The number of esters is 1. The van der Waals surface area contributed by atoms with E-state index in [1.807, 2.05) is 4.57 Å². The minimum Gasteiger partial charge on any atom is -0.462 e. The summed E-state index contributed by atoms with van der Waals surface area (Å²) in [5.41, 5.74) is 0.130. The average molecular weight is 741 g/mol. The highest BCUT2D eigenvalue weighted by Gasteiger charge is 2.34. The quantitative estimate of drug-likeness (QED) is 0.203. The van der Waals surface area contributed by atoms with Crippen LogP contribution in [0, 0.1) is 5.92 Å². The van der Waals surface area contributed by atoms with Gasteiger partial charge in [-0.25, -0.2) is 19.6 Å². The Morgan fingerprint density at radius 1 is 1.04 bits per heavy atom. The van der Waals surface area contributed by atoms with Gasteiger partial charge in [0, 0.05) is 93.2 Å². The molecule has 2 aliphatic heterocycles. The normalized spacial score (nSPS) is 17.5. The number of nitrogens with zero attached hydrogens (tertiary/aromatic N) is 6. The highest BCUT2D eigenvalue weighted by molar-refractivity contribution is 7.13. The molecule has 2 aliphatic rings. The molecule has 2 N–H and O–H groups in total. The molecule has 52 heavy (non-hydrogen) atoms. The summed E-state index contributed by atoms with van der Waals surface area (Å²) in [6.07, 6.45) is -0.668. The molecule has 0 spiro atoms. The predicted octanol–water partition coefficient (Wildman–Crippen LogP) is 5.09. The fourth-order valence-electron chi connectivity index (χ4n) is 6.75. The van der Waals surface area contributed by atoms with Gasteiger partial charge in [0.05, 0.1) is 12.1 Å². The van der Waals surface area contributed by atoms with Crippen molar-refractivity contribution in [3.63, 3.8) is 0 Å². The second-order valence-corrected chi connectivity index (χ2v) is 14.1. The van der Waals surface area contributed by atoms with Crippen LogP contribution in [0.3, 0.4) is 0 Å². The van der Waals surface area contributed by atoms with E-state index in [1.165, 1.54) is 12.3 Å². The standard InChI is InChI=1S/C36H43F3N8O4S/c1-4-40-35(50)43-31-17-25(33-42-30(22-52-33)36(37,38)39)27(18-41-31)24-6-7-29-26(16-24)32(48)28(34(49)51-5-2)21-47(29)20-23-8-9-46(19-23)15-14-45-12-10-44(3)11-13-45/h6-7,16-18,21-23H,4-5,8-15,19-20H2,1-3H3,(H2,40,41,43,50)/t23-/m1/s1. The van der Waals surface area contributed by atoms with Crippen molar-refractivity contribution in [3.05, 3.63) is 63.5 Å². The van der Waals surface area contributed by atoms with Gasteiger partial charge in [-0.15, -0.1) is 11.3 Å². The van der Waals surface area contributed by atoms with Crippen LogP contribution in [0.25, 0.3) is 32.6 Å². The summed E-state index contributed by atoms with van der Waals surface area (Å²) < 4.78 is 47.9. The minimum absolute atomic E-state index is 0.0554. The molecule has 16 heteroatoms. The number of likely N-dealkylation sites (tertiary alicyclic amines) is 1. The largest absolute Gasteiger partial charge is 0.462 e. The molecule has 0 saturated carbocycles. The van der Waals surface area contributed by atoms with E-state index >= 15 is 0 Å². The van der Waals surface area contributed by atoms with Gasteiger partial charge in [-0.05, 0) is 63.5 Å². The first-order valence-electron chi connectivity index (χ1n) is 17.5. The Hall–Kier alpha value is -4.38. The molecular formula is C36H43F3N8O4S. The van der Waals surface area contributed by atoms with Gasteiger partial charge in [0.15, 0.2) is 5.69 Å². The van der Waals surface area contributed by atoms with E-state index in [4.69, 9.17) is 4.74 Å². The van der Waals surface area contributed by atoms with Crippen molar-refractivity contribution in [3.8, 4) is 21.7 Å². The number of nitrogens with one attached hydrogen (secondary N) is 2. The summed E-state index contributed by atoms with van der Waals surface area (Å²) in [4.78, 5) is 54.7. The Morgan fingerprint density at radius 3 is 2.52 bits per heavy atom. The predicted molar refractivity (Wildman–Crippen MR) is 195 cm³/mol. The van der Waals surface area contributed by atoms with Gasteiger partial charge in [-0.2, -0.15) is 13.2 Å². The molecule has 6 rings (SSSR count). The molecule has 0 aliphatic carbocycles. The van der Waals surface area contributed by atoms with E-state index in [-0.39, 0.29) is 33.9 Å². The van der Waals surface area contributed by atoms with Crippen LogP contribution < -0.4 is 16.1 Å². The molecule has 5 heterocycles. The third kappa shape index (κ3) is 8.62. The van der Waals surface area contributed by atoms with E-state index in [2.05, 4.69) is 42.3 Å². The molecule has 0 unspecified atom stereocenters. The first kappa shape index (κ1) is 37.4. The number of fused-ring (bicyclic) bond motifs is 1. The number of ether oxygens (including phenoxy) is 1. The number of thiazole rings is 1. The Kier molecular flexibility index (Phi) is 11.6. The van der Waals surface area contributed by atoms with E-state index in [0.717, 1.165) is 75.5 Å². The second-order valence-electron chi connectivity index (χ2n) is 13.2. The van der Waals surface area contributed by atoms with Crippen LogP contribution in [0.4, 0.5) is 23.8 Å². The molecule has 1 aromatic carbocycles. The van der Waals surface area contributed by atoms with Gasteiger partial charge >= 0.3 is 18.2 Å². The molecular weight excluding hydrogens is 698 g/mol. The highest BCUT2D eigenvalue weighted by Crippen LogP contribution is 2.39. The number of carbonyl (C=O) groups is 2. The number of alkyl halides is 3. The maximum absolute atomic E-state index is 13.9. The Labute approximate surface area is 303 Å². The van der Waals surface area contributed by atoms with Crippen molar-refractivity contribution in [1.29, 1.82) is 0 Å². The van der Waals surface area contributed by atoms with Gasteiger partial charge < -0.3 is 24.4 Å². The summed E-state index contributed by atoms with van der Waals surface area (Å²) in [7, 11) is 2.15. The van der Waals surface area contributed by atoms with Crippen molar-refractivity contribution in [1.82, 2.24) is 34.6 Å². The maximum Gasteiger partial charge on any atom is 0.434 e. The molecule has 2 saturated heterocycles. The Balaban J connectivity index is 1.34. The maximum atomic E-state index is 13.9. The lowest BCUT2D eigenvalue weighted by Gasteiger charge is -2.33. The molecule has 0 bridgehead atoms. The van der Waals surface area contributed by atoms with Crippen LogP contribution in [0.2, 0.25) is 0 Å². The smallest absolute Gasteiger partial charge is 0.434 e. The molecule has 2 amide bonds. The van der Waals surface area contributed by atoms with E-state index in [1.54, 1.807) is 38.2 Å². The van der Waals surface area contributed by atoms with Crippen LogP contribution in [-0.2, 0) is 17.5 Å². The second kappa shape index (κ2) is 16.1. The zero-order valence-electron chi connectivity index (χ0n) is 29.5. The van der Waals surface area contributed by atoms with Gasteiger partial charge in [0.25, 0.3) is 0 Å². The SMILES string of the molecule is CCNC(=O)Nc1cc(-c2nc(C(F)(F)F)cs2)c(-c2ccc3c(c2)c(=O)c(C(=O)OCC)cn3C[C@@H]2CCN(CCN3CCN(C)CC3)C2)cn1. The lowest BCUT2D eigenvalue weighted by molar-refractivity contribution is -0.140. The number of pyridine rings is 2. The fraction of sp³-hybridized carbons (Fsp3) is 0.472. The molecule has 4 aromatic rings. The molecule has 12 nitrogen and oxygen atoms in total. The number of hydrogen-bond acceptors (Lipinski definition) is 10. The number of benzene rings is 1. The number of piperazine rings is 1. The number of halogens is 3. The van der Waals surface area contributed by atoms with Gasteiger partial charge in [0.1, 0.15) is 16.4 Å². The lowest BCUT2D eigenvalue weighted by atomic mass is 9.99. The zero-order chi connectivity index (χ0) is 37.0. The van der Waals surface area contributed by atoms with E-state index < -0.39 is 29.3 Å². The van der Waals surface area contributed by atoms with Crippen molar-refractivity contribution >= 4 is 40.1 Å². The van der Waals surface area contributed by atoms with Gasteiger partial charge in [-0.3, -0.25) is 15.0 Å². The average Bonchev–Trinajstić information content (AvgIpc) is 3.80. The summed E-state index contributed by atoms with van der Waals surface area (Å²) in [6, 6.07) is 6.12. The third-order valence-corrected chi connectivity index (χ3v) is 10.4. The number of aromatic nitrogens is 3. The van der Waals surface area contributed by atoms with Crippen LogP contribution in [0.5, 0.6) is 0 Å². The van der Waals surface area contributed by atoms with Crippen LogP contribution >= 0.6 is 11.3 Å². The van der Waals surface area contributed by atoms with Gasteiger partial charge in [-0.1, -0.05) is 6.07 Å². The summed E-state index contributed by atoms with van der Waals surface area (Å²) in [5, 5.41) is 6.43. The zero-order valence-corrected chi connectivity index (χ0v) is 30.3. The highest BCUT2D eigenvalue weighted by atomic mass is 32.1. The van der Waals surface area contributed by atoms with Crippen LogP contribution in [0.15, 0.2) is 46.8 Å². The summed E-state index contributed by atoms with van der Waals surface area (Å²) >= 11 is 0.804. The van der Waals surface area contributed by atoms with Crippen molar-refractivity contribution < 1.29 is 27.5 Å². The van der Waals surface area contributed by atoms with Gasteiger partial charge in [0.2, 0.25) is 5.43 Å². The van der Waals surface area contributed by atoms with Crippen LogP contribution in [-0.4, -0.2) is 114 Å². The molecule has 278 valence electrons. The van der Waals surface area contributed by atoms with Crippen molar-refractivity contribution in [2.24, 2.45) is 5.92 Å². The fourth-order valence-corrected chi connectivity index (χ4v) is 7.60. The molecule has 2 fully saturated rings. The molecule has 0 radical (unpaired) electrons. The number of amides is 2. The topological polar surface area (TPSA) is 125 Å². The monoisotopic (exact) mass is 740 g/mol.